The Morgan fingerprint density at radius 3 is 2.29 bits per heavy atom. The Morgan fingerprint density at radius 1 is 1.24 bits per heavy atom. The van der Waals surface area contributed by atoms with Gasteiger partial charge in [0.15, 0.2) is 0 Å². The molecule has 0 aromatic heterocycles. The van der Waals surface area contributed by atoms with E-state index in [2.05, 4.69) is 0 Å². The summed E-state index contributed by atoms with van der Waals surface area (Å²) in [5.41, 5.74) is 5.97. The maximum atomic E-state index is 10.7. The first-order valence-corrected chi connectivity index (χ1v) is 5.62. The van der Waals surface area contributed by atoms with Crippen molar-refractivity contribution in [1.29, 1.82) is 0 Å². The number of hydrogen-bond acceptors (Lipinski definition) is 4. The number of nitrogens with two attached hydrogens (primary N) is 1. The Kier molecular flexibility index (Phi) is 4.59. The third-order valence-electron chi connectivity index (χ3n) is 1.85. The van der Waals surface area contributed by atoms with Crippen LogP contribution in [0.1, 0.15) is 0 Å². The lowest BCUT2D eigenvalue weighted by Crippen LogP contribution is -2.06. The number of benzene rings is 1. The van der Waals surface area contributed by atoms with E-state index in [0.717, 1.165) is 4.90 Å². The average Bonchev–Trinajstić information content (AvgIpc) is 2.25. The molecule has 5 nitrogen and oxygen atoms in total. The highest BCUT2D eigenvalue weighted by Crippen LogP contribution is 2.21. The highest BCUT2D eigenvalue weighted by atomic mass is 32.2. The Morgan fingerprint density at radius 2 is 1.82 bits per heavy atom. The van der Waals surface area contributed by atoms with Crippen LogP contribution in [0.15, 0.2) is 40.8 Å². The van der Waals surface area contributed by atoms with Crippen LogP contribution in [0.2, 0.25) is 0 Å². The zero-order valence-corrected chi connectivity index (χ0v) is 9.61. The summed E-state index contributed by atoms with van der Waals surface area (Å²) in [4.78, 5) is 22.0. The van der Waals surface area contributed by atoms with E-state index < -0.39 is 11.9 Å². The molecule has 0 amide bonds. The lowest BCUT2D eigenvalue weighted by atomic mass is 10.3. The van der Waals surface area contributed by atoms with Crippen molar-refractivity contribution in [2.45, 2.75) is 4.90 Å². The molecule has 1 aromatic carbocycles. The van der Waals surface area contributed by atoms with Gasteiger partial charge in [0.25, 0.3) is 0 Å². The minimum atomic E-state index is -1.26. The average molecular weight is 253 g/mol. The molecule has 0 atom stereocenters. The number of anilines is 1. The first-order chi connectivity index (χ1) is 7.99. The fourth-order valence-corrected chi connectivity index (χ4v) is 1.90. The number of thioether (sulfide) groups is 1. The molecule has 0 aliphatic heterocycles. The van der Waals surface area contributed by atoms with Crippen molar-refractivity contribution in [3.05, 3.63) is 35.9 Å². The van der Waals surface area contributed by atoms with E-state index in [1.165, 1.54) is 11.8 Å². The molecular weight excluding hydrogens is 242 g/mol. The van der Waals surface area contributed by atoms with Crippen molar-refractivity contribution in [2.75, 3.05) is 11.5 Å². The van der Waals surface area contributed by atoms with Gasteiger partial charge in [-0.2, -0.15) is 0 Å². The van der Waals surface area contributed by atoms with Gasteiger partial charge >= 0.3 is 11.9 Å². The van der Waals surface area contributed by atoms with Crippen molar-refractivity contribution >= 4 is 29.4 Å². The lowest BCUT2D eigenvalue weighted by Gasteiger charge is -2.02. The maximum Gasteiger partial charge on any atom is 0.332 e. The summed E-state index contributed by atoms with van der Waals surface area (Å²) in [5, 5.41) is 17.3. The molecule has 1 aromatic rings. The topological polar surface area (TPSA) is 101 Å². The molecule has 0 spiro atoms. The SMILES string of the molecule is Nc1ccc(SCC(=CC(=O)O)C(=O)O)cc1. The van der Waals surface area contributed by atoms with E-state index >= 15 is 0 Å². The first-order valence-electron chi connectivity index (χ1n) is 4.64. The van der Waals surface area contributed by atoms with Crippen LogP contribution < -0.4 is 5.73 Å². The van der Waals surface area contributed by atoms with Crippen LogP contribution in [0.25, 0.3) is 0 Å². The Labute approximate surface area is 102 Å². The zero-order valence-electron chi connectivity index (χ0n) is 8.79. The molecule has 0 saturated carbocycles. The summed E-state index contributed by atoms with van der Waals surface area (Å²) in [6, 6.07) is 6.90. The molecule has 1 rings (SSSR count). The van der Waals surface area contributed by atoms with Crippen molar-refractivity contribution in [3.63, 3.8) is 0 Å². The van der Waals surface area contributed by atoms with Crippen LogP contribution >= 0.6 is 11.8 Å². The maximum absolute atomic E-state index is 10.7. The standard InChI is InChI=1S/C11H11NO4S/c12-8-1-3-9(4-2-8)17-6-7(11(15)16)5-10(13)14/h1-5H,6,12H2,(H,13,14)(H,15,16). The third-order valence-corrected chi connectivity index (χ3v) is 2.91. The van der Waals surface area contributed by atoms with E-state index in [9.17, 15) is 9.59 Å². The van der Waals surface area contributed by atoms with Crippen LogP contribution in [0.3, 0.4) is 0 Å². The second-order valence-electron chi connectivity index (χ2n) is 3.17. The molecular formula is C11H11NO4S. The van der Waals surface area contributed by atoms with E-state index in [0.29, 0.717) is 11.8 Å². The third kappa shape index (κ3) is 4.60. The molecule has 0 fully saturated rings. The summed E-state index contributed by atoms with van der Waals surface area (Å²) in [5.74, 6) is -2.40. The monoisotopic (exact) mass is 253 g/mol. The Balaban J connectivity index is 2.67. The van der Waals surface area contributed by atoms with Gasteiger partial charge in [0.05, 0.1) is 5.57 Å². The number of aliphatic carboxylic acids is 2. The van der Waals surface area contributed by atoms with Crippen LogP contribution in [0.4, 0.5) is 5.69 Å². The number of carboxylic acid groups (broad SMARTS) is 2. The number of hydrogen-bond donors (Lipinski definition) is 3. The van der Waals surface area contributed by atoms with Gasteiger partial charge < -0.3 is 15.9 Å². The summed E-state index contributed by atoms with van der Waals surface area (Å²) < 4.78 is 0. The van der Waals surface area contributed by atoms with E-state index in [4.69, 9.17) is 15.9 Å². The summed E-state index contributed by atoms with van der Waals surface area (Å²) in [6.45, 7) is 0. The molecule has 0 radical (unpaired) electrons. The fourth-order valence-electron chi connectivity index (χ4n) is 1.04. The highest BCUT2D eigenvalue weighted by Gasteiger charge is 2.09. The molecule has 0 aliphatic carbocycles. The van der Waals surface area contributed by atoms with Crippen LogP contribution in [0, 0.1) is 0 Å². The van der Waals surface area contributed by atoms with Gasteiger partial charge in [-0.25, -0.2) is 9.59 Å². The number of carboxylic acids is 2. The first kappa shape index (κ1) is 13.1. The molecule has 0 unspecified atom stereocenters. The van der Waals surface area contributed by atoms with E-state index in [1.807, 2.05) is 0 Å². The molecule has 0 aliphatic rings. The predicted molar refractivity (Wildman–Crippen MR) is 64.9 cm³/mol. The second kappa shape index (κ2) is 5.95. The fraction of sp³-hybridized carbons (Fsp3) is 0.0909. The van der Waals surface area contributed by atoms with Gasteiger partial charge in [-0.1, -0.05) is 0 Å². The summed E-state index contributed by atoms with van der Waals surface area (Å²) in [7, 11) is 0. The smallest absolute Gasteiger partial charge is 0.332 e. The van der Waals surface area contributed by atoms with E-state index in [1.54, 1.807) is 24.3 Å². The summed E-state index contributed by atoms with van der Waals surface area (Å²) in [6.07, 6.45) is 0.701. The van der Waals surface area contributed by atoms with Gasteiger partial charge in [0.2, 0.25) is 0 Å². The molecule has 0 heterocycles. The zero-order chi connectivity index (χ0) is 12.8. The predicted octanol–water partition coefficient (Wildman–Crippen LogP) is 1.46. The number of nitrogen functional groups attached to an aromatic ring is 1. The van der Waals surface area contributed by atoms with Gasteiger partial charge in [0.1, 0.15) is 0 Å². The van der Waals surface area contributed by atoms with Crippen molar-refractivity contribution < 1.29 is 19.8 Å². The van der Waals surface area contributed by atoms with Gasteiger partial charge in [-0.3, -0.25) is 0 Å². The molecule has 4 N–H and O–H groups in total. The lowest BCUT2D eigenvalue weighted by molar-refractivity contribution is -0.135. The van der Waals surface area contributed by atoms with Crippen molar-refractivity contribution in [3.8, 4) is 0 Å². The highest BCUT2D eigenvalue weighted by molar-refractivity contribution is 7.99. The summed E-state index contributed by atoms with van der Waals surface area (Å²) >= 11 is 1.24. The molecule has 6 heteroatoms. The second-order valence-corrected chi connectivity index (χ2v) is 4.22. The van der Waals surface area contributed by atoms with Gasteiger partial charge in [-0.05, 0) is 24.3 Å². The van der Waals surface area contributed by atoms with E-state index in [-0.39, 0.29) is 11.3 Å². The minimum absolute atomic E-state index is 0.0888. The number of carbonyl (C=O) groups is 2. The Hall–Kier alpha value is -1.95. The van der Waals surface area contributed by atoms with Crippen LogP contribution in [-0.4, -0.2) is 27.9 Å². The molecule has 0 bridgehead atoms. The normalized spacial score (nSPS) is 11.2. The van der Waals surface area contributed by atoms with Crippen molar-refractivity contribution in [2.24, 2.45) is 0 Å². The largest absolute Gasteiger partial charge is 0.478 e. The quantitative estimate of drug-likeness (QED) is 0.417. The number of rotatable bonds is 5. The van der Waals surface area contributed by atoms with Crippen LogP contribution in [0.5, 0.6) is 0 Å². The van der Waals surface area contributed by atoms with Crippen molar-refractivity contribution in [1.82, 2.24) is 0 Å². The van der Waals surface area contributed by atoms with Crippen LogP contribution in [-0.2, 0) is 9.59 Å². The Bertz CT molecular complexity index is 453. The van der Waals surface area contributed by atoms with Gasteiger partial charge in [0, 0.05) is 22.4 Å². The minimum Gasteiger partial charge on any atom is -0.478 e. The molecule has 90 valence electrons. The molecule has 17 heavy (non-hydrogen) atoms. The molecule has 0 saturated heterocycles. The van der Waals surface area contributed by atoms with Gasteiger partial charge in [-0.15, -0.1) is 11.8 Å².